The van der Waals surface area contributed by atoms with Crippen LogP contribution in [-0.2, 0) is 4.79 Å². The molecule has 1 saturated carbocycles. The molecule has 0 spiro atoms. The highest BCUT2D eigenvalue weighted by Crippen LogP contribution is 2.30. The molecule has 30 heavy (non-hydrogen) atoms. The molecule has 1 heterocycles. The van der Waals surface area contributed by atoms with E-state index >= 15 is 0 Å². The molecule has 2 fully saturated rings. The highest BCUT2D eigenvalue weighted by Gasteiger charge is 2.29. The number of carbonyl (C=O) groups excluding carboxylic acids is 2. The Labute approximate surface area is 183 Å². The summed E-state index contributed by atoms with van der Waals surface area (Å²) in [5, 5.41) is 3.55. The molecular weight excluding hydrogens is 400 g/mol. The number of nitrogens with zero attached hydrogens (tertiary/aromatic N) is 1. The van der Waals surface area contributed by atoms with Crippen LogP contribution in [0.5, 0.6) is 5.75 Å². The zero-order valence-electron chi connectivity index (χ0n) is 17.4. The number of allylic oxidation sites excluding steroid dienone is 2. The van der Waals surface area contributed by atoms with Crippen LogP contribution in [0.4, 0.5) is 0 Å². The average Bonchev–Trinajstić information content (AvgIpc) is 3.29. The van der Waals surface area contributed by atoms with Gasteiger partial charge in [0, 0.05) is 43.5 Å². The third-order valence-corrected chi connectivity index (χ3v) is 6.85. The van der Waals surface area contributed by atoms with E-state index in [4.69, 9.17) is 16.3 Å². The summed E-state index contributed by atoms with van der Waals surface area (Å²) in [5.74, 6) is 0.967. The van der Waals surface area contributed by atoms with Gasteiger partial charge >= 0.3 is 0 Å². The summed E-state index contributed by atoms with van der Waals surface area (Å²) in [6.07, 6.45) is 13.2. The van der Waals surface area contributed by atoms with Crippen molar-refractivity contribution in [3.63, 3.8) is 0 Å². The maximum Gasteiger partial charge on any atom is 0.251 e. The maximum absolute atomic E-state index is 12.7. The van der Waals surface area contributed by atoms with Crippen LogP contribution in [0.2, 0.25) is 5.02 Å². The van der Waals surface area contributed by atoms with Gasteiger partial charge in [-0.1, -0.05) is 36.6 Å². The molecule has 5 nitrogen and oxygen atoms in total. The van der Waals surface area contributed by atoms with Crippen LogP contribution < -0.4 is 10.1 Å². The van der Waals surface area contributed by atoms with Crippen LogP contribution in [0.15, 0.2) is 30.4 Å². The predicted octanol–water partition coefficient (Wildman–Crippen LogP) is 4.74. The molecule has 1 aromatic rings. The lowest BCUT2D eigenvalue weighted by atomic mass is 9.92. The molecule has 0 aromatic heterocycles. The van der Waals surface area contributed by atoms with E-state index < -0.39 is 0 Å². The summed E-state index contributed by atoms with van der Waals surface area (Å²) >= 11 is 6.41. The third-order valence-electron chi connectivity index (χ3n) is 6.55. The first-order chi connectivity index (χ1) is 14.6. The molecule has 3 aliphatic rings. The molecule has 4 rings (SSSR count). The number of benzene rings is 1. The summed E-state index contributed by atoms with van der Waals surface area (Å²) in [6.45, 7) is 1.45. The number of halogens is 1. The van der Waals surface area contributed by atoms with E-state index in [-0.39, 0.29) is 29.9 Å². The Hall–Kier alpha value is -2.01. The second kappa shape index (κ2) is 9.86. The molecule has 162 valence electrons. The quantitative estimate of drug-likeness (QED) is 0.686. The minimum Gasteiger partial charge on any atom is -0.489 e. The van der Waals surface area contributed by atoms with Gasteiger partial charge < -0.3 is 15.0 Å². The number of carbonyl (C=O) groups is 2. The molecule has 2 aliphatic carbocycles. The maximum atomic E-state index is 12.7. The first-order valence-electron chi connectivity index (χ1n) is 11.3. The number of piperidine rings is 1. The second-order valence-electron chi connectivity index (χ2n) is 8.72. The lowest BCUT2D eigenvalue weighted by molar-refractivity contribution is -0.137. The van der Waals surface area contributed by atoms with E-state index in [0.29, 0.717) is 16.3 Å². The van der Waals surface area contributed by atoms with Gasteiger partial charge in [-0.2, -0.15) is 0 Å². The Morgan fingerprint density at radius 2 is 1.80 bits per heavy atom. The number of amides is 2. The van der Waals surface area contributed by atoms with Gasteiger partial charge in [-0.05, 0) is 50.3 Å². The van der Waals surface area contributed by atoms with Gasteiger partial charge in [0.2, 0.25) is 5.91 Å². The highest BCUT2D eigenvalue weighted by molar-refractivity contribution is 6.32. The Morgan fingerprint density at radius 1 is 1.03 bits per heavy atom. The molecule has 1 atom stereocenters. The standard InChI is InChI=1S/C24H31ClN2O3/c25-21-16-18(23(28)26-19-8-4-5-9-19)10-11-22(21)30-20-12-14-27(15-13-20)24(29)17-6-2-1-3-7-17/h1-2,10-11,16-17,19-20H,3-9,12-15H2,(H,26,28). The lowest BCUT2D eigenvalue weighted by Gasteiger charge is -2.34. The zero-order valence-corrected chi connectivity index (χ0v) is 18.2. The van der Waals surface area contributed by atoms with E-state index in [1.165, 1.54) is 12.8 Å². The molecule has 6 heteroatoms. The van der Waals surface area contributed by atoms with Gasteiger partial charge in [0.05, 0.1) is 5.02 Å². The Kier molecular flexibility index (Phi) is 6.98. The van der Waals surface area contributed by atoms with Crippen LogP contribution in [0.1, 0.15) is 68.1 Å². The topological polar surface area (TPSA) is 58.6 Å². The number of rotatable bonds is 5. The molecule has 1 aromatic carbocycles. The number of likely N-dealkylation sites (tertiary alicyclic amines) is 1. The van der Waals surface area contributed by atoms with Crippen LogP contribution in [0, 0.1) is 5.92 Å². The minimum absolute atomic E-state index is 0.0379. The fourth-order valence-electron chi connectivity index (χ4n) is 4.73. The SMILES string of the molecule is O=C(NC1CCCC1)c1ccc(OC2CCN(C(=O)C3CC=CCC3)CC2)c(Cl)c1. The van der Waals surface area contributed by atoms with E-state index in [2.05, 4.69) is 17.5 Å². The molecule has 1 unspecified atom stereocenters. The largest absolute Gasteiger partial charge is 0.489 e. The Morgan fingerprint density at radius 3 is 2.47 bits per heavy atom. The smallest absolute Gasteiger partial charge is 0.251 e. The number of hydrogen-bond acceptors (Lipinski definition) is 3. The first-order valence-corrected chi connectivity index (χ1v) is 11.7. The van der Waals surface area contributed by atoms with E-state index in [1.54, 1.807) is 18.2 Å². The fourth-order valence-corrected chi connectivity index (χ4v) is 4.95. The second-order valence-corrected chi connectivity index (χ2v) is 9.13. The summed E-state index contributed by atoms with van der Waals surface area (Å²) in [7, 11) is 0. The third kappa shape index (κ3) is 5.18. The molecule has 1 aliphatic heterocycles. The van der Waals surface area contributed by atoms with Crippen molar-refractivity contribution in [2.45, 2.75) is 69.9 Å². The van der Waals surface area contributed by atoms with Gasteiger partial charge in [0.1, 0.15) is 11.9 Å². The van der Waals surface area contributed by atoms with Crippen LogP contribution in [0.25, 0.3) is 0 Å². The van der Waals surface area contributed by atoms with Gasteiger partial charge in [-0.25, -0.2) is 0 Å². The molecule has 1 N–H and O–H groups in total. The highest BCUT2D eigenvalue weighted by atomic mass is 35.5. The lowest BCUT2D eigenvalue weighted by Crippen LogP contribution is -2.44. The number of ether oxygens (including phenoxy) is 1. The monoisotopic (exact) mass is 430 g/mol. The van der Waals surface area contributed by atoms with Gasteiger partial charge in [0.25, 0.3) is 5.91 Å². The van der Waals surface area contributed by atoms with E-state index in [9.17, 15) is 9.59 Å². The summed E-state index contributed by atoms with van der Waals surface area (Å²) in [6, 6.07) is 5.54. The summed E-state index contributed by atoms with van der Waals surface area (Å²) in [5.41, 5.74) is 0.571. The molecule has 0 bridgehead atoms. The van der Waals surface area contributed by atoms with E-state index in [1.807, 2.05) is 4.90 Å². The predicted molar refractivity (Wildman–Crippen MR) is 118 cm³/mol. The van der Waals surface area contributed by atoms with Crippen molar-refractivity contribution in [3.05, 3.63) is 40.9 Å². The van der Waals surface area contributed by atoms with Gasteiger partial charge in [-0.15, -0.1) is 0 Å². The van der Waals surface area contributed by atoms with Gasteiger partial charge in [0.15, 0.2) is 0 Å². The normalized spacial score (nSPS) is 22.8. The minimum atomic E-state index is -0.0697. The first kappa shape index (κ1) is 21.2. The van der Waals surface area contributed by atoms with Crippen molar-refractivity contribution >= 4 is 23.4 Å². The van der Waals surface area contributed by atoms with Crippen molar-refractivity contribution in [2.75, 3.05) is 13.1 Å². The zero-order chi connectivity index (χ0) is 20.9. The molecular formula is C24H31ClN2O3. The van der Waals surface area contributed by atoms with Crippen LogP contribution in [0.3, 0.4) is 0 Å². The van der Waals surface area contributed by atoms with E-state index in [0.717, 1.165) is 58.0 Å². The summed E-state index contributed by atoms with van der Waals surface area (Å²) < 4.78 is 6.12. The van der Waals surface area contributed by atoms with Crippen LogP contribution in [-0.4, -0.2) is 41.9 Å². The number of hydrogen-bond donors (Lipinski definition) is 1. The average molecular weight is 431 g/mol. The van der Waals surface area contributed by atoms with Gasteiger partial charge in [-0.3, -0.25) is 9.59 Å². The number of nitrogens with one attached hydrogen (secondary N) is 1. The van der Waals surface area contributed by atoms with Crippen molar-refractivity contribution in [3.8, 4) is 5.75 Å². The van der Waals surface area contributed by atoms with Crippen molar-refractivity contribution in [2.24, 2.45) is 5.92 Å². The molecule has 0 radical (unpaired) electrons. The van der Waals surface area contributed by atoms with Crippen molar-refractivity contribution in [1.29, 1.82) is 0 Å². The Bertz CT molecular complexity index is 796. The van der Waals surface area contributed by atoms with Crippen molar-refractivity contribution in [1.82, 2.24) is 10.2 Å². The summed E-state index contributed by atoms with van der Waals surface area (Å²) in [4.78, 5) is 27.1. The molecule has 2 amide bonds. The fraction of sp³-hybridized carbons (Fsp3) is 0.583. The Balaban J connectivity index is 1.28. The van der Waals surface area contributed by atoms with Crippen LogP contribution >= 0.6 is 11.6 Å². The van der Waals surface area contributed by atoms with Crippen molar-refractivity contribution < 1.29 is 14.3 Å². The molecule has 1 saturated heterocycles.